The van der Waals surface area contributed by atoms with Crippen molar-refractivity contribution in [1.82, 2.24) is 34.8 Å². The summed E-state index contributed by atoms with van der Waals surface area (Å²) in [5.41, 5.74) is 1.79. The Bertz CT molecular complexity index is 1290. The number of amides is 1. The number of alkyl halides is 2. The Morgan fingerprint density at radius 1 is 1.31 bits per heavy atom. The highest BCUT2D eigenvalue weighted by atomic mass is 19.1. The van der Waals surface area contributed by atoms with Gasteiger partial charge in [-0.3, -0.25) is 14.4 Å². The van der Waals surface area contributed by atoms with Crippen molar-refractivity contribution in [2.24, 2.45) is 5.92 Å². The molecule has 190 valence electrons. The van der Waals surface area contributed by atoms with E-state index in [-0.39, 0.29) is 12.1 Å². The van der Waals surface area contributed by atoms with Gasteiger partial charge in [-0.05, 0) is 31.2 Å². The molecular weight excluding hydrogens is 474 g/mol. The van der Waals surface area contributed by atoms with Gasteiger partial charge in [-0.2, -0.15) is 5.10 Å². The molecule has 0 spiro atoms. The van der Waals surface area contributed by atoms with Crippen molar-refractivity contribution in [2.75, 3.05) is 25.0 Å². The van der Waals surface area contributed by atoms with Gasteiger partial charge in [0.1, 0.15) is 17.9 Å². The Balaban J connectivity index is 0.997. The Labute approximate surface area is 204 Å². The van der Waals surface area contributed by atoms with Gasteiger partial charge in [-0.1, -0.05) is 0 Å². The third-order valence-corrected chi connectivity index (χ3v) is 7.62. The van der Waals surface area contributed by atoms with Crippen LogP contribution in [0.15, 0.2) is 24.5 Å². The molecule has 0 unspecified atom stereocenters. The van der Waals surface area contributed by atoms with E-state index in [4.69, 9.17) is 9.47 Å². The van der Waals surface area contributed by atoms with Gasteiger partial charge in [-0.25, -0.2) is 23.5 Å². The van der Waals surface area contributed by atoms with E-state index in [1.165, 1.54) is 0 Å². The van der Waals surface area contributed by atoms with Crippen LogP contribution in [0.3, 0.4) is 0 Å². The van der Waals surface area contributed by atoms with Gasteiger partial charge < -0.3 is 20.1 Å². The minimum Gasteiger partial charge on any atom is -0.441 e. The zero-order valence-corrected chi connectivity index (χ0v) is 19.4. The number of imidazole rings is 1. The van der Waals surface area contributed by atoms with E-state index in [0.29, 0.717) is 42.7 Å². The predicted molar refractivity (Wildman–Crippen MR) is 122 cm³/mol. The number of halogens is 2. The summed E-state index contributed by atoms with van der Waals surface area (Å²) >= 11 is 0. The van der Waals surface area contributed by atoms with E-state index in [9.17, 15) is 9.18 Å². The highest BCUT2D eigenvalue weighted by molar-refractivity contribution is 5.69. The van der Waals surface area contributed by atoms with Crippen molar-refractivity contribution in [3.05, 3.63) is 35.9 Å². The van der Waals surface area contributed by atoms with Crippen LogP contribution < -0.4 is 10.6 Å². The minimum atomic E-state index is -1.53. The number of nitrogens with one attached hydrogen (secondary N) is 3. The average molecular weight is 501 g/mol. The molecule has 0 aromatic carbocycles. The van der Waals surface area contributed by atoms with E-state index in [2.05, 4.69) is 30.8 Å². The third kappa shape index (κ3) is 3.77. The Hall–Kier alpha value is -3.32. The standard InChI is InChI=1S/C23H26F2N8O3/c24-13-7-32(8-13)9-14-10-33-18(27-14)1-2-26-21(33)28-17-3-15(30-31-17)20-19(25)16(11-35-20)36-22(34)29-23-4-12(5-23)6-23/h1-3,10,12-13,16,19-20H,4-9,11H2,(H,29,34)(H2,26,28,30,31)/t12?,16-,19-,20-,23?/m0/s1. The molecular formula is C23H26F2N8O3. The Morgan fingerprint density at radius 3 is 2.89 bits per heavy atom. The molecule has 2 aliphatic heterocycles. The molecule has 3 atom stereocenters. The van der Waals surface area contributed by atoms with E-state index < -0.39 is 30.6 Å². The summed E-state index contributed by atoms with van der Waals surface area (Å²) < 4.78 is 40.9. The van der Waals surface area contributed by atoms with Crippen LogP contribution in [0.4, 0.5) is 25.3 Å². The number of alkyl carbamates (subject to hydrolysis) is 1. The first-order valence-corrected chi connectivity index (χ1v) is 12.2. The largest absolute Gasteiger partial charge is 0.441 e. The van der Waals surface area contributed by atoms with E-state index in [0.717, 1.165) is 30.9 Å². The first kappa shape index (κ1) is 21.9. The summed E-state index contributed by atoms with van der Waals surface area (Å²) in [5, 5.41) is 13.0. The number of hydrogen-bond donors (Lipinski definition) is 3. The Morgan fingerprint density at radius 2 is 2.14 bits per heavy atom. The maximum atomic E-state index is 15.1. The highest BCUT2D eigenvalue weighted by Crippen LogP contribution is 2.57. The van der Waals surface area contributed by atoms with E-state index in [1.54, 1.807) is 22.7 Å². The Kier molecular flexibility index (Phi) is 4.93. The summed E-state index contributed by atoms with van der Waals surface area (Å²) in [6.07, 6.45) is 1.62. The summed E-state index contributed by atoms with van der Waals surface area (Å²) in [6.45, 7) is 1.37. The number of aromatic nitrogens is 5. The molecule has 5 heterocycles. The van der Waals surface area contributed by atoms with Crippen molar-refractivity contribution in [3.8, 4) is 0 Å². The van der Waals surface area contributed by atoms with Crippen molar-refractivity contribution < 1.29 is 23.0 Å². The number of hydrogen-bond acceptors (Lipinski definition) is 8. The van der Waals surface area contributed by atoms with Gasteiger partial charge in [0.2, 0.25) is 5.95 Å². The second-order valence-corrected chi connectivity index (χ2v) is 10.4. The van der Waals surface area contributed by atoms with Crippen LogP contribution >= 0.6 is 0 Å². The number of nitrogens with zero attached hydrogens (tertiary/aromatic N) is 5. The number of likely N-dealkylation sites (tertiary alicyclic amines) is 1. The zero-order valence-electron chi connectivity index (χ0n) is 19.4. The zero-order chi connectivity index (χ0) is 24.4. The molecule has 0 radical (unpaired) electrons. The summed E-state index contributed by atoms with van der Waals surface area (Å²) in [7, 11) is 0. The lowest BCUT2D eigenvalue weighted by molar-refractivity contribution is -0.0528. The van der Waals surface area contributed by atoms with Gasteiger partial charge in [0.25, 0.3) is 0 Å². The molecule has 5 aliphatic rings. The fourth-order valence-electron chi connectivity index (χ4n) is 5.62. The number of anilines is 2. The lowest BCUT2D eigenvalue weighted by Crippen LogP contribution is -2.68. The molecule has 2 bridgehead atoms. The van der Waals surface area contributed by atoms with Crippen LogP contribution in [0.2, 0.25) is 0 Å². The molecule has 11 nitrogen and oxygen atoms in total. The van der Waals surface area contributed by atoms with Crippen LogP contribution in [0, 0.1) is 5.92 Å². The molecule has 5 fully saturated rings. The van der Waals surface area contributed by atoms with Crippen LogP contribution in [-0.2, 0) is 16.0 Å². The molecule has 13 heteroatoms. The lowest BCUT2D eigenvalue weighted by atomic mass is 9.50. The number of fused-ring (bicyclic) bond motifs is 1. The second-order valence-electron chi connectivity index (χ2n) is 10.4. The maximum Gasteiger partial charge on any atom is 0.408 e. The van der Waals surface area contributed by atoms with Crippen molar-refractivity contribution in [3.63, 3.8) is 0 Å². The number of carbonyl (C=O) groups is 1. The summed E-state index contributed by atoms with van der Waals surface area (Å²) in [6, 6.07) is 3.42. The van der Waals surface area contributed by atoms with Crippen LogP contribution in [0.25, 0.3) is 5.65 Å². The SMILES string of the molecule is O=C(NC12CC(C1)C2)O[C@H]1CO[C@@H](c2cc(Nc3nccc4nc(CN5CC(F)C5)cn34)n[nH]2)[C@H]1F. The summed E-state index contributed by atoms with van der Waals surface area (Å²) in [4.78, 5) is 23.1. The fourth-order valence-corrected chi connectivity index (χ4v) is 5.62. The van der Waals surface area contributed by atoms with Crippen molar-refractivity contribution >= 4 is 23.5 Å². The average Bonchev–Trinajstić information content (AvgIpc) is 3.49. The van der Waals surface area contributed by atoms with Crippen molar-refractivity contribution in [1.29, 1.82) is 0 Å². The first-order chi connectivity index (χ1) is 17.4. The van der Waals surface area contributed by atoms with Gasteiger partial charge in [0, 0.05) is 43.6 Å². The number of rotatable bonds is 7. The molecule has 1 amide bonds. The lowest BCUT2D eigenvalue weighted by Gasteiger charge is -2.61. The van der Waals surface area contributed by atoms with E-state index >= 15 is 4.39 Å². The third-order valence-electron chi connectivity index (χ3n) is 7.62. The molecule has 3 aliphatic carbocycles. The maximum absolute atomic E-state index is 15.1. The number of ether oxygens (including phenoxy) is 2. The van der Waals surface area contributed by atoms with E-state index in [1.807, 2.05) is 11.1 Å². The topological polar surface area (TPSA) is 122 Å². The van der Waals surface area contributed by atoms with Gasteiger partial charge in [-0.15, -0.1) is 0 Å². The predicted octanol–water partition coefficient (Wildman–Crippen LogP) is 2.41. The molecule has 36 heavy (non-hydrogen) atoms. The van der Waals surface area contributed by atoms with Crippen molar-refractivity contribution in [2.45, 2.75) is 55.9 Å². The highest BCUT2D eigenvalue weighted by Gasteiger charge is 2.58. The molecule has 3 saturated carbocycles. The first-order valence-electron chi connectivity index (χ1n) is 12.2. The molecule has 2 saturated heterocycles. The van der Waals surface area contributed by atoms with Crippen LogP contribution in [0.1, 0.15) is 36.8 Å². The fraction of sp³-hybridized carbons (Fsp3) is 0.565. The van der Waals surface area contributed by atoms with Crippen LogP contribution in [0.5, 0.6) is 0 Å². The van der Waals surface area contributed by atoms with Gasteiger partial charge in [0.05, 0.1) is 18.0 Å². The molecule has 3 aromatic heterocycles. The molecule has 8 rings (SSSR count). The number of carbonyl (C=O) groups excluding carboxylic acids is 1. The smallest absolute Gasteiger partial charge is 0.408 e. The minimum absolute atomic E-state index is 0.0322. The van der Waals surface area contributed by atoms with Gasteiger partial charge >= 0.3 is 6.09 Å². The van der Waals surface area contributed by atoms with Crippen LogP contribution in [-0.4, -0.2) is 79.2 Å². The second kappa shape index (κ2) is 8.10. The normalized spacial score (nSPS) is 31.5. The quantitative estimate of drug-likeness (QED) is 0.452. The molecule has 3 N–H and O–H groups in total. The monoisotopic (exact) mass is 500 g/mol. The number of H-pyrrole nitrogens is 1. The number of aromatic amines is 1. The van der Waals surface area contributed by atoms with Gasteiger partial charge in [0.15, 0.2) is 18.1 Å². The molecule has 3 aromatic rings. The summed E-state index contributed by atoms with van der Waals surface area (Å²) in [5.74, 6) is 1.62.